The Morgan fingerprint density at radius 1 is 1.57 bits per heavy atom. The largest absolute Gasteiger partial charge is 0.381 e. The molecule has 3 heteroatoms. The molecule has 1 N–H and O–H groups in total. The van der Waals surface area contributed by atoms with Gasteiger partial charge in [0, 0.05) is 24.5 Å². The lowest BCUT2D eigenvalue weighted by atomic mass is 9.74. The molecule has 0 aliphatic carbocycles. The van der Waals surface area contributed by atoms with Gasteiger partial charge in [-0.15, -0.1) is 0 Å². The molecule has 14 heavy (non-hydrogen) atoms. The van der Waals surface area contributed by atoms with Crippen molar-refractivity contribution in [3.05, 3.63) is 0 Å². The van der Waals surface area contributed by atoms with Crippen LogP contribution >= 0.6 is 0 Å². The van der Waals surface area contributed by atoms with Crippen LogP contribution in [-0.4, -0.2) is 32.1 Å². The number of hydrogen-bond donors (Lipinski definition) is 1. The lowest BCUT2D eigenvalue weighted by Gasteiger charge is -2.34. The average Bonchev–Trinajstić information content (AvgIpc) is 2.70. The van der Waals surface area contributed by atoms with Crippen molar-refractivity contribution >= 4 is 5.78 Å². The molecule has 3 nitrogen and oxygen atoms in total. The quantitative estimate of drug-likeness (QED) is 0.717. The van der Waals surface area contributed by atoms with Crippen LogP contribution in [0.3, 0.4) is 0 Å². The van der Waals surface area contributed by atoms with E-state index in [2.05, 4.69) is 12.2 Å². The number of Topliss-reactive ketones (excluding diaryl/α,β-unsaturated/α-hetero) is 1. The highest BCUT2D eigenvalue weighted by Gasteiger charge is 2.39. The summed E-state index contributed by atoms with van der Waals surface area (Å²) < 4.78 is 5.27. The van der Waals surface area contributed by atoms with Gasteiger partial charge in [0.25, 0.3) is 0 Å². The Hall–Kier alpha value is -0.410. The minimum atomic E-state index is -0.128. The Morgan fingerprint density at radius 3 is 3.00 bits per heavy atom. The maximum atomic E-state index is 12.2. The second-order valence-corrected chi connectivity index (χ2v) is 4.77. The Labute approximate surface area is 85.2 Å². The molecule has 2 fully saturated rings. The molecule has 0 saturated carbocycles. The van der Waals surface area contributed by atoms with Gasteiger partial charge in [-0.2, -0.15) is 0 Å². The average molecular weight is 197 g/mol. The normalized spacial score (nSPS) is 38.5. The SMILES string of the molecule is CC1(C(=O)C2CCOC2)CCCNC1. The molecule has 2 saturated heterocycles. The van der Waals surface area contributed by atoms with E-state index in [1.165, 1.54) is 0 Å². The first-order chi connectivity index (χ1) is 6.72. The summed E-state index contributed by atoms with van der Waals surface area (Å²) in [5, 5.41) is 3.32. The maximum Gasteiger partial charge on any atom is 0.145 e. The van der Waals surface area contributed by atoms with Crippen LogP contribution in [0.4, 0.5) is 0 Å². The van der Waals surface area contributed by atoms with Crippen molar-refractivity contribution in [3.8, 4) is 0 Å². The van der Waals surface area contributed by atoms with Gasteiger partial charge >= 0.3 is 0 Å². The molecule has 0 aromatic heterocycles. The highest BCUT2D eigenvalue weighted by atomic mass is 16.5. The van der Waals surface area contributed by atoms with E-state index in [0.717, 1.165) is 39.0 Å². The highest BCUT2D eigenvalue weighted by molar-refractivity contribution is 5.87. The number of carbonyl (C=O) groups is 1. The van der Waals surface area contributed by atoms with Crippen molar-refractivity contribution in [1.82, 2.24) is 5.32 Å². The molecular formula is C11H19NO2. The summed E-state index contributed by atoms with van der Waals surface area (Å²) in [5.74, 6) is 0.585. The second-order valence-electron chi connectivity index (χ2n) is 4.77. The molecule has 2 aliphatic rings. The van der Waals surface area contributed by atoms with Crippen LogP contribution in [0.15, 0.2) is 0 Å². The van der Waals surface area contributed by atoms with E-state index in [1.54, 1.807) is 0 Å². The number of rotatable bonds is 2. The molecule has 2 aliphatic heterocycles. The molecule has 2 unspecified atom stereocenters. The van der Waals surface area contributed by atoms with Crippen LogP contribution in [0, 0.1) is 11.3 Å². The number of piperidine rings is 1. The fourth-order valence-corrected chi connectivity index (χ4v) is 2.50. The molecule has 0 spiro atoms. The first-order valence-electron chi connectivity index (χ1n) is 5.55. The fraction of sp³-hybridized carbons (Fsp3) is 0.909. The van der Waals surface area contributed by atoms with Crippen LogP contribution in [0.5, 0.6) is 0 Å². The molecule has 80 valence electrons. The molecule has 0 aromatic carbocycles. The standard InChI is InChI=1S/C11H19NO2/c1-11(4-2-5-12-8-11)10(13)9-3-6-14-7-9/h9,12H,2-8H2,1H3. The Balaban J connectivity index is 2.00. The molecule has 0 radical (unpaired) electrons. The van der Waals surface area contributed by atoms with Crippen molar-refractivity contribution < 1.29 is 9.53 Å². The summed E-state index contributed by atoms with van der Waals surface area (Å²) in [6, 6.07) is 0. The number of hydrogen-bond acceptors (Lipinski definition) is 3. The van der Waals surface area contributed by atoms with Crippen LogP contribution in [0.2, 0.25) is 0 Å². The molecule has 2 rings (SSSR count). The Bertz CT molecular complexity index is 215. The lowest BCUT2D eigenvalue weighted by Crippen LogP contribution is -2.46. The van der Waals surface area contributed by atoms with Gasteiger partial charge < -0.3 is 10.1 Å². The van der Waals surface area contributed by atoms with E-state index < -0.39 is 0 Å². The molecule has 2 atom stereocenters. The predicted molar refractivity (Wildman–Crippen MR) is 54.1 cm³/mol. The number of ether oxygens (including phenoxy) is 1. The van der Waals surface area contributed by atoms with Crippen molar-refractivity contribution in [2.45, 2.75) is 26.2 Å². The Kier molecular flexibility index (Phi) is 2.88. The minimum Gasteiger partial charge on any atom is -0.381 e. The lowest BCUT2D eigenvalue weighted by molar-refractivity contribution is -0.133. The van der Waals surface area contributed by atoms with Gasteiger partial charge in [0.1, 0.15) is 5.78 Å². The van der Waals surface area contributed by atoms with Gasteiger partial charge in [-0.05, 0) is 25.8 Å². The first kappa shape index (κ1) is 10.1. The Morgan fingerprint density at radius 2 is 2.43 bits per heavy atom. The van der Waals surface area contributed by atoms with E-state index in [0.29, 0.717) is 12.4 Å². The zero-order valence-electron chi connectivity index (χ0n) is 8.84. The summed E-state index contributed by atoms with van der Waals surface area (Å²) in [7, 11) is 0. The van der Waals surface area contributed by atoms with Gasteiger partial charge in [-0.3, -0.25) is 4.79 Å². The summed E-state index contributed by atoms with van der Waals surface area (Å²) in [6.45, 7) is 5.42. The molecular weight excluding hydrogens is 178 g/mol. The third-order valence-corrected chi connectivity index (χ3v) is 3.49. The van der Waals surface area contributed by atoms with Gasteiger partial charge in [-0.1, -0.05) is 6.92 Å². The smallest absolute Gasteiger partial charge is 0.145 e. The predicted octanol–water partition coefficient (Wildman–Crippen LogP) is 0.982. The third kappa shape index (κ3) is 1.84. The summed E-state index contributed by atoms with van der Waals surface area (Å²) >= 11 is 0. The van der Waals surface area contributed by atoms with Crippen LogP contribution in [0.1, 0.15) is 26.2 Å². The van der Waals surface area contributed by atoms with E-state index in [4.69, 9.17) is 4.74 Å². The number of nitrogens with one attached hydrogen (secondary N) is 1. The monoisotopic (exact) mass is 197 g/mol. The minimum absolute atomic E-state index is 0.128. The topological polar surface area (TPSA) is 38.3 Å². The number of ketones is 1. The zero-order valence-corrected chi connectivity index (χ0v) is 8.84. The maximum absolute atomic E-state index is 12.2. The molecule has 0 bridgehead atoms. The van der Waals surface area contributed by atoms with Crippen molar-refractivity contribution in [3.63, 3.8) is 0 Å². The molecule has 0 aromatic rings. The van der Waals surface area contributed by atoms with Crippen LogP contribution in [0.25, 0.3) is 0 Å². The van der Waals surface area contributed by atoms with E-state index in [1.807, 2.05) is 0 Å². The van der Waals surface area contributed by atoms with E-state index in [-0.39, 0.29) is 11.3 Å². The van der Waals surface area contributed by atoms with E-state index >= 15 is 0 Å². The van der Waals surface area contributed by atoms with E-state index in [9.17, 15) is 4.79 Å². The second kappa shape index (κ2) is 3.99. The third-order valence-electron chi connectivity index (χ3n) is 3.49. The van der Waals surface area contributed by atoms with Crippen LogP contribution in [-0.2, 0) is 9.53 Å². The number of carbonyl (C=O) groups excluding carboxylic acids is 1. The van der Waals surface area contributed by atoms with Crippen molar-refractivity contribution in [2.24, 2.45) is 11.3 Å². The highest BCUT2D eigenvalue weighted by Crippen LogP contribution is 2.32. The molecule has 2 heterocycles. The summed E-state index contributed by atoms with van der Waals surface area (Å²) in [6.07, 6.45) is 3.08. The van der Waals surface area contributed by atoms with Crippen LogP contribution < -0.4 is 5.32 Å². The zero-order chi connectivity index (χ0) is 10.0. The summed E-state index contributed by atoms with van der Waals surface area (Å²) in [5.41, 5.74) is -0.128. The van der Waals surface area contributed by atoms with Gasteiger partial charge in [-0.25, -0.2) is 0 Å². The van der Waals surface area contributed by atoms with Gasteiger partial charge in [0.15, 0.2) is 0 Å². The van der Waals surface area contributed by atoms with Gasteiger partial charge in [0.2, 0.25) is 0 Å². The van der Waals surface area contributed by atoms with Crippen molar-refractivity contribution in [2.75, 3.05) is 26.3 Å². The molecule has 0 amide bonds. The summed E-state index contributed by atoms with van der Waals surface area (Å²) in [4.78, 5) is 12.2. The van der Waals surface area contributed by atoms with Crippen molar-refractivity contribution in [1.29, 1.82) is 0 Å². The first-order valence-corrected chi connectivity index (χ1v) is 5.55. The fourth-order valence-electron chi connectivity index (χ4n) is 2.50. The van der Waals surface area contributed by atoms with Gasteiger partial charge in [0.05, 0.1) is 6.61 Å².